The van der Waals surface area contributed by atoms with Gasteiger partial charge in [0.05, 0.1) is 16.3 Å². The third kappa shape index (κ3) is 4.56. The summed E-state index contributed by atoms with van der Waals surface area (Å²) in [6, 6.07) is 19.2. The minimum absolute atomic E-state index is 0.135. The van der Waals surface area contributed by atoms with Crippen molar-refractivity contribution in [3.05, 3.63) is 60.2 Å². The first-order chi connectivity index (χ1) is 14.7. The molecule has 4 rings (SSSR count). The van der Waals surface area contributed by atoms with Gasteiger partial charge in [0.1, 0.15) is 0 Å². The number of para-hydroxylation sites is 2. The highest BCUT2D eigenvalue weighted by Crippen LogP contribution is 2.30. The van der Waals surface area contributed by atoms with Gasteiger partial charge in [-0.2, -0.15) is 0 Å². The monoisotopic (exact) mass is 421 g/mol. The van der Waals surface area contributed by atoms with Gasteiger partial charge in [0.25, 0.3) is 0 Å². The van der Waals surface area contributed by atoms with Crippen LogP contribution in [0.15, 0.2) is 59.8 Å². The number of piperidine rings is 1. The Morgan fingerprint density at radius 1 is 1.13 bits per heavy atom. The van der Waals surface area contributed by atoms with E-state index in [0.717, 1.165) is 55.0 Å². The van der Waals surface area contributed by atoms with Crippen molar-refractivity contribution < 1.29 is 4.79 Å². The molecule has 3 aromatic rings. The molecule has 1 fully saturated rings. The molecular formula is C25H31N3OS. The largest absolute Gasteiger partial charge is 0.339 e. The number of thioether (sulfide) groups is 1. The van der Waals surface area contributed by atoms with E-state index in [1.54, 1.807) is 11.8 Å². The van der Waals surface area contributed by atoms with E-state index < -0.39 is 0 Å². The van der Waals surface area contributed by atoms with Crippen LogP contribution in [-0.2, 0) is 17.8 Å². The van der Waals surface area contributed by atoms with Crippen LogP contribution in [0.4, 0.5) is 0 Å². The lowest BCUT2D eigenvalue weighted by Gasteiger charge is -2.36. The SMILES string of the molecule is CC[C@H]1CCCCN1C(=O)[C@H](C)Sc1nc2ccccc2n1CCc1ccccc1. The van der Waals surface area contributed by atoms with E-state index in [9.17, 15) is 4.79 Å². The first-order valence-corrected chi connectivity index (χ1v) is 12.0. The zero-order chi connectivity index (χ0) is 20.9. The van der Waals surface area contributed by atoms with Gasteiger partial charge < -0.3 is 9.47 Å². The number of carbonyl (C=O) groups excluding carboxylic acids is 1. The summed E-state index contributed by atoms with van der Waals surface area (Å²) in [6.45, 7) is 5.98. The summed E-state index contributed by atoms with van der Waals surface area (Å²) in [5, 5.41) is 0.808. The van der Waals surface area contributed by atoms with Crippen LogP contribution in [0.1, 0.15) is 45.1 Å². The number of benzene rings is 2. The molecule has 1 aliphatic rings. The molecule has 5 heteroatoms. The standard InChI is InChI=1S/C25H31N3OS/c1-3-21-13-9-10-17-27(21)24(29)19(2)30-25-26-22-14-7-8-15-23(22)28(25)18-16-20-11-5-4-6-12-20/h4-8,11-12,14-15,19,21H,3,9-10,13,16-18H2,1-2H3/t19-,21-/m0/s1. The van der Waals surface area contributed by atoms with Crippen molar-refractivity contribution in [2.45, 2.75) is 68.9 Å². The Hall–Kier alpha value is -2.27. The maximum absolute atomic E-state index is 13.2. The fraction of sp³-hybridized carbons (Fsp3) is 0.440. The van der Waals surface area contributed by atoms with Crippen molar-refractivity contribution >= 4 is 28.7 Å². The number of amides is 1. The van der Waals surface area contributed by atoms with Crippen molar-refractivity contribution in [2.75, 3.05) is 6.54 Å². The second-order valence-electron chi connectivity index (χ2n) is 8.12. The van der Waals surface area contributed by atoms with Crippen molar-refractivity contribution in [3.8, 4) is 0 Å². The Bertz CT molecular complexity index is 984. The molecule has 30 heavy (non-hydrogen) atoms. The Morgan fingerprint density at radius 2 is 1.90 bits per heavy atom. The summed E-state index contributed by atoms with van der Waals surface area (Å²) in [5.41, 5.74) is 3.45. The number of hydrogen-bond donors (Lipinski definition) is 0. The first kappa shape index (κ1) is 21.0. The molecule has 0 aliphatic carbocycles. The number of fused-ring (bicyclic) bond motifs is 1. The van der Waals surface area contributed by atoms with Gasteiger partial charge in [-0.1, -0.05) is 61.2 Å². The predicted molar refractivity (Wildman–Crippen MR) is 125 cm³/mol. The number of nitrogens with zero attached hydrogens (tertiary/aromatic N) is 3. The van der Waals surface area contributed by atoms with E-state index in [-0.39, 0.29) is 11.2 Å². The maximum Gasteiger partial charge on any atom is 0.236 e. The summed E-state index contributed by atoms with van der Waals surface area (Å²) in [5.74, 6) is 0.258. The number of aryl methyl sites for hydroxylation is 2. The zero-order valence-corrected chi connectivity index (χ0v) is 18.8. The Balaban J connectivity index is 1.54. The minimum Gasteiger partial charge on any atom is -0.339 e. The van der Waals surface area contributed by atoms with E-state index in [4.69, 9.17) is 4.98 Å². The third-order valence-electron chi connectivity index (χ3n) is 6.10. The summed E-state index contributed by atoms with van der Waals surface area (Å²) in [4.78, 5) is 20.3. The molecule has 158 valence electrons. The fourth-order valence-corrected chi connectivity index (χ4v) is 5.42. The van der Waals surface area contributed by atoms with Gasteiger partial charge in [-0.3, -0.25) is 4.79 Å². The van der Waals surface area contributed by atoms with Crippen LogP contribution in [0.5, 0.6) is 0 Å². The molecule has 0 spiro atoms. The van der Waals surface area contributed by atoms with Crippen LogP contribution >= 0.6 is 11.8 Å². The lowest BCUT2D eigenvalue weighted by Crippen LogP contribution is -2.46. The molecule has 0 N–H and O–H groups in total. The number of hydrogen-bond acceptors (Lipinski definition) is 3. The van der Waals surface area contributed by atoms with Gasteiger partial charge in [-0.15, -0.1) is 0 Å². The first-order valence-electron chi connectivity index (χ1n) is 11.1. The maximum atomic E-state index is 13.2. The highest BCUT2D eigenvalue weighted by Gasteiger charge is 2.30. The van der Waals surface area contributed by atoms with Crippen LogP contribution in [0.2, 0.25) is 0 Å². The molecule has 0 saturated carbocycles. The third-order valence-corrected chi connectivity index (χ3v) is 7.18. The lowest BCUT2D eigenvalue weighted by molar-refractivity contribution is -0.134. The molecule has 0 radical (unpaired) electrons. The van der Waals surface area contributed by atoms with E-state index in [2.05, 4.69) is 64.9 Å². The molecule has 1 amide bonds. The topological polar surface area (TPSA) is 38.1 Å². The minimum atomic E-state index is -0.135. The van der Waals surface area contributed by atoms with Crippen LogP contribution < -0.4 is 0 Å². The van der Waals surface area contributed by atoms with Gasteiger partial charge in [-0.05, 0) is 56.7 Å². The smallest absolute Gasteiger partial charge is 0.236 e. The van der Waals surface area contributed by atoms with Crippen LogP contribution in [0.3, 0.4) is 0 Å². The Kier molecular flexibility index (Phi) is 6.78. The highest BCUT2D eigenvalue weighted by atomic mass is 32.2. The predicted octanol–water partition coefficient (Wildman–Crippen LogP) is 5.55. The lowest BCUT2D eigenvalue weighted by atomic mass is 10.00. The number of imidazole rings is 1. The van der Waals surface area contributed by atoms with Gasteiger partial charge in [0, 0.05) is 19.1 Å². The molecule has 2 atom stereocenters. The Morgan fingerprint density at radius 3 is 2.70 bits per heavy atom. The molecule has 0 bridgehead atoms. The van der Waals surface area contributed by atoms with E-state index in [1.165, 1.54) is 12.0 Å². The molecule has 1 aromatic heterocycles. The van der Waals surface area contributed by atoms with E-state index >= 15 is 0 Å². The normalized spacial score (nSPS) is 17.9. The molecule has 2 heterocycles. The molecule has 1 aliphatic heterocycles. The fourth-order valence-electron chi connectivity index (χ4n) is 4.40. The van der Waals surface area contributed by atoms with E-state index in [1.807, 2.05) is 13.0 Å². The molecule has 1 saturated heterocycles. The quantitative estimate of drug-likeness (QED) is 0.469. The summed E-state index contributed by atoms with van der Waals surface area (Å²) < 4.78 is 2.28. The van der Waals surface area contributed by atoms with E-state index in [0.29, 0.717) is 6.04 Å². The second-order valence-corrected chi connectivity index (χ2v) is 9.43. The number of aromatic nitrogens is 2. The highest BCUT2D eigenvalue weighted by molar-refractivity contribution is 8.00. The zero-order valence-electron chi connectivity index (χ0n) is 18.0. The number of rotatable bonds is 7. The van der Waals surface area contributed by atoms with Crippen molar-refractivity contribution in [1.82, 2.24) is 14.5 Å². The van der Waals surface area contributed by atoms with Crippen LogP contribution in [-0.4, -0.2) is 38.2 Å². The van der Waals surface area contributed by atoms with Crippen molar-refractivity contribution in [2.24, 2.45) is 0 Å². The summed E-state index contributed by atoms with van der Waals surface area (Å²) in [7, 11) is 0. The Labute approximate surface area is 183 Å². The van der Waals surface area contributed by atoms with Gasteiger partial charge >= 0.3 is 0 Å². The molecule has 0 unspecified atom stereocenters. The van der Waals surface area contributed by atoms with Gasteiger partial charge in [0.2, 0.25) is 5.91 Å². The van der Waals surface area contributed by atoms with Crippen molar-refractivity contribution in [1.29, 1.82) is 0 Å². The van der Waals surface area contributed by atoms with Crippen LogP contribution in [0, 0.1) is 0 Å². The molecule has 2 aromatic carbocycles. The summed E-state index contributed by atoms with van der Waals surface area (Å²) in [6.07, 6.45) is 5.48. The van der Waals surface area contributed by atoms with Crippen LogP contribution in [0.25, 0.3) is 11.0 Å². The summed E-state index contributed by atoms with van der Waals surface area (Å²) >= 11 is 1.61. The van der Waals surface area contributed by atoms with Crippen molar-refractivity contribution in [3.63, 3.8) is 0 Å². The second kappa shape index (κ2) is 9.69. The number of carbonyl (C=O) groups is 1. The average molecular weight is 422 g/mol. The molecule has 4 nitrogen and oxygen atoms in total. The number of likely N-dealkylation sites (tertiary alicyclic amines) is 1. The van der Waals surface area contributed by atoms with Gasteiger partial charge in [-0.25, -0.2) is 4.98 Å². The average Bonchev–Trinajstić information content (AvgIpc) is 3.14. The van der Waals surface area contributed by atoms with Gasteiger partial charge in [0.15, 0.2) is 5.16 Å². The molecular weight excluding hydrogens is 390 g/mol.